The number of hydrogen-bond acceptors (Lipinski definition) is 5. The van der Waals surface area contributed by atoms with Gasteiger partial charge < -0.3 is 11.1 Å². The van der Waals surface area contributed by atoms with E-state index < -0.39 is 23.4 Å². The van der Waals surface area contributed by atoms with E-state index in [0.29, 0.717) is 16.8 Å². The van der Waals surface area contributed by atoms with Crippen molar-refractivity contribution >= 4 is 36.0 Å². The largest absolute Gasteiger partial charge is 0.420 e. The first kappa shape index (κ1) is 23.1. The smallest absolute Gasteiger partial charge is 0.383 e. The average molecular weight is 440 g/mol. The molecule has 2 rings (SSSR count). The molecule has 0 bridgehead atoms. The van der Waals surface area contributed by atoms with Crippen molar-refractivity contribution in [2.45, 2.75) is 19.6 Å². The van der Waals surface area contributed by atoms with Gasteiger partial charge in [0.2, 0.25) is 0 Å². The van der Waals surface area contributed by atoms with Gasteiger partial charge in [0.1, 0.15) is 11.6 Å². The number of hydrogen-bond donors (Lipinski definition) is 2. The summed E-state index contributed by atoms with van der Waals surface area (Å²) >= 11 is 5.98. The number of halogens is 5. The van der Waals surface area contributed by atoms with E-state index in [-0.39, 0.29) is 23.0 Å². The van der Waals surface area contributed by atoms with Crippen molar-refractivity contribution in [3.8, 4) is 0 Å². The highest BCUT2D eigenvalue weighted by Gasteiger charge is 2.34. The monoisotopic (exact) mass is 439 g/mol. The predicted molar refractivity (Wildman–Crippen MR) is 112 cm³/mol. The molecular formula is C20H18ClF4N5. The van der Waals surface area contributed by atoms with Gasteiger partial charge in [-0.15, -0.1) is 0 Å². The number of nitrogens with zero attached hydrogens (tertiary/aromatic N) is 3. The predicted octanol–water partition coefficient (Wildman–Crippen LogP) is 5.65. The summed E-state index contributed by atoms with van der Waals surface area (Å²) in [5.74, 6) is -1.09. The van der Waals surface area contributed by atoms with Gasteiger partial charge in [-0.1, -0.05) is 24.2 Å². The van der Waals surface area contributed by atoms with Gasteiger partial charge in [0.25, 0.3) is 0 Å². The van der Waals surface area contributed by atoms with Crippen molar-refractivity contribution in [1.82, 2.24) is 4.98 Å². The molecule has 2 aromatic rings. The highest BCUT2D eigenvalue weighted by molar-refractivity contribution is 6.31. The highest BCUT2D eigenvalue weighted by atomic mass is 35.5. The molecule has 30 heavy (non-hydrogen) atoms. The molecule has 1 aromatic heterocycles. The Hall–Kier alpha value is -3.20. The Kier molecular flexibility index (Phi) is 7.33. The van der Waals surface area contributed by atoms with Crippen molar-refractivity contribution < 1.29 is 17.6 Å². The van der Waals surface area contributed by atoms with Crippen LogP contribution in [0.15, 0.2) is 64.0 Å². The molecule has 1 heterocycles. The molecule has 0 aliphatic rings. The molecule has 0 saturated carbocycles. The van der Waals surface area contributed by atoms with Gasteiger partial charge in [0.15, 0.2) is 0 Å². The summed E-state index contributed by atoms with van der Waals surface area (Å²) in [7, 11) is 0. The number of nitrogens with two attached hydrogens (primary N) is 1. The van der Waals surface area contributed by atoms with Crippen LogP contribution in [-0.4, -0.2) is 17.9 Å². The lowest BCUT2D eigenvalue weighted by atomic mass is 10.1. The van der Waals surface area contributed by atoms with Crippen LogP contribution in [-0.2, 0) is 12.7 Å². The second-order valence-electron chi connectivity index (χ2n) is 6.12. The van der Waals surface area contributed by atoms with Gasteiger partial charge in [-0.05, 0) is 37.4 Å². The van der Waals surface area contributed by atoms with Gasteiger partial charge >= 0.3 is 6.18 Å². The maximum atomic E-state index is 13.1. The Labute approximate surface area is 175 Å². The lowest BCUT2D eigenvalue weighted by Crippen LogP contribution is -2.12. The van der Waals surface area contributed by atoms with E-state index in [4.69, 9.17) is 17.3 Å². The van der Waals surface area contributed by atoms with Gasteiger partial charge in [0, 0.05) is 28.2 Å². The molecule has 1 aromatic carbocycles. The van der Waals surface area contributed by atoms with Crippen molar-refractivity contribution in [2.75, 3.05) is 11.1 Å². The van der Waals surface area contributed by atoms with E-state index in [2.05, 4.69) is 33.6 Å². The minimum Gasteiger partial charge on any atom is -0.383 e. The van der Waals surface area contributed by atoms with Crippen LogP contribution in [0.1, 0.15) is 18.1 Å². The lowest BCUT2D eigenvalue weighted by molar-refractivity contribution is -0.137. The van der Waals surface area contributed by atoms with Gasteiger partial charge in [-0.2, -0.15) is 13.2 Å². The zero-order valence-electron chi connectivity index (χ0n) is 15.9. The minimum absolute atomic E-state index is 0.0332. The third kappa shape index (κ3) is 5.90. The number of nitrogen functional groups attached to an aromatic ring is 1. The van der Waals surface area contributed by atoms with E-state index in [0.717, 1.165) is 12.3 Å². The van der Waals surface area contributed by atoms with Crippen LogP contribution in [0.5, 0.6) is 0 Å². The molecule has 5 nitrogen and oxygen atoms in total. The van der Waals surface area contributed by atoms with E-state index in [9.17, 15) is 17.6 Å². The Morgan fingerprint density at radius 3 is 2.63 bits per heavy atom. The summed E-state index contributed by atoms with van der Waals surface area (Å²) < 4.78 is 52.2. The summed E-state index contributed by atoms with van der Waals surface area (Å²) in [4.78, 5) is 11.6. The molecule has 0 fully saturated rings. The maximum absolute atomic E-state index is 13.1. The molecule has 3 N–H and O–H groups in total. The molecule has 0 saturated heterocycles. The van der Waals surface area contributed by atoms with Crippen molar-refractivity contribution in [3.63, 3.8) is 0 Å². The third-order valence-electron chi connectivity index (χ3n) is 3.97. The maximum Gasteiger partial charge on any atom is 0.420 e. The number of rotatable bonds is 7. The van der Waals surface area contributed by atoms with Crippen LogP contribution in [0.3, 0.4) is 0 Å². The minimum atomic E-state index is -4.65. The molecular weight excluding hydrogens is 422 g/mol. The topological polar surface area (TPSA) is 75.7 Å². The third-order valence-corrected chi connectivity index (χ3v) is 4.32. The second-order valence-corrected chi connectivity index (χ2v) is 6.53. The fourth-order valence-electron chi connectivity index (χ4n) is 2.37. The van der Waals surface area contributed by atoms with Crippen molar-refractivity contribution in [1.29, 1.82) is 0 Å². The second kappa shape index (κ2) is 9.53. The zero-order valence-corrected chi connectivity index (χ0v) is 16.7. The molecule has 10 heteroatoms. The van der Waals surface area contributed by atoms with E-state index in [1.54, 1.807) is 6.92 Å². The molecule has 0 spiro atoms. The lowest BCUT2D eigenvalue weighted by Gasteiger charge is -2.14. The number of nitrogens with one attached hydrogen (secondary N) is 1. The average Bonchev–Trinajstić information content (AvgIpc) is 2.66. The fourth-order valence-corrected chi connectivity index (χ4v) is 2.60. The van der Waals surface area contributed by atoms with E-state index >= 15 is 0 Å². The van der Waals surface area contributed by atoms with Crippen LogP contribution >= 0.6 is 11.6 Å². The molecule has 0 aliphatic heterocycles. The normalized spacial score (nSPS) is 12.6. The number of benzene rings is 1. The van der Waals surface area contributed by atoms with Crippen LogP contribution in [0, 0.1) is 5.82 Å². The standard InChI is InChI=1S/C20H18ClF4N5/c1-11(27-3)16(10-28-8-13-4-5-14(22)6-18(13)21)12(2)30-15-7-17(20(23,24)25)19(26)29-9-15/h4-7,9-10,30H,2-3,8H2,1H3,(H2,26,29)/b16-11+,28-10?. The van der Waals surface area contributed by atoms with Crippen molar-refractivity contribution in [3.05, 3.63) is 76.0 Å². The van der Waals surface area contributed by atoms with Crippen LogP contribution in [0.2, 0.25) is 5.02 Å². The molecule has 0 aliphatic carbocycles. The van der Waals surface area contributed by atoms with Gasteiger partial charge in [-0.3, -0.25) is 9.98 Å². The molecule has 158 valence electrons. The fraction of sp³-hybridized carbons (Fsp3) is 0.150. The quantitative estimate of drug-likeness (QED) is 0.332. The van der Waals surface area contributed by atoms with Crippen LogP contribution < -0.4 is 11.1 Å². The summed E-state index contributed by atoms with van der Waals surface area (Å²) in [5.41, 5.74) is 5.91. The summed E-state index contributed by atoms with van der Waals surface area (Å²) in [6, 6.07) is 4.77. The first-order valence-electron chi connectivity index (χ1n) is 8.43. The SMILES string of the molecule is C=N/C(C)=C(\C=NCc1ccc(F)cc1Cl)C(=C)Nc1cnc(N)c(C(F)(F)F)c1. The number of pyridine rings is 1. The zero-order chi connectivity index (χ0) is 22.5. The van der Waals surface area contributed by atoms with E-state index in [1.165, 1.54) is 24.4 Å². The summed E-state index contributed by atoms with van der Waals surface area (Å²) in [6.45, 7) is 9.04. The number of alkyl halides is 3. The first-order valence-corrected chi connectivity index (χ1v) is 8.81. The molecule has 0 radical (unpaired) electrons. The van der Waals surface area contributed by atoms with Crippen LogP contribution in [0.25, 0.3) is 0 Å². The highest BCUT2D eigenvalue weighted by Crippen LogP contribution is 2.34. The number of anilines is 2. The van der Waals surface area contributed by atoms with E-state index in [1.807, 2.05) is 0 Å². The number of aliphatic imine (C=N–C) groups is 2. The van der Waals surface area contributed by atoms with Crippen LogP contribution in [0.4, 0.5) is 29.1 Å². The first-order chi connectivity index (χ1) is 14.0. The Morgan fingerprint density at radius 2 is 2.03 bits per heavy atom. The Balaban J connectivity index is 2.24. The number of aromatic nitrogens is 1. The van der Waals surface area contributed by atoms with Gasteiger partial charge in [0.05, 0.1) is 24.0 Å². The Bertz CT molecular complexity index is 1030. The molecule has 0 unspecified atom stereocenters. The number of allylic oxidation sites excluding steroid dienone is 2. The Morgan fingerprint density at radius 1 is 1.33 bits per heavy atom. The van der Waals surface area contributed by atoms with Gasteiger partial charge in [-0.25, -0.2) is 9.37 Å². The summed E-state index contributed by atoms with van der Waals surface area (Å²) in [6.07, 6.45) is -2.07. The van der Waals surface area contributed by atoms with Crippen molar-refractivity contribution in [2.24, 2.45) is 9.98 Å². The summed E-state index contributed by atoms with van der Waals surface area (Å²) in [5, 5.41) is 2.96. The molecule has 0 amide bonds. The molecule has 0 atom stereocenters.